The average Bonchev–Trinajstić information content (AvgIpc) is 3.06. The summed E-state index contributed by atoms with van der Waals surface area (Å²) in [5.41, 5.74) is 16.2. The highest BCUT2D eigenvalue weighted by Gasteiger charge is 2.38. The summed E-state index contributed by atoms with van der Waals surface area (Å²) in [7, 11) is 0. The number of aliphatic carboxylic acids is 1. The molecule has 23 heteroatoms. The molecule has 1 saturated heterocycles. The van der Waals surface area contributed by atoms with Gasteiger partial charge >= 0.3 is 5.97 Å². The third-order valence-corrected chi connectivity index (χ3v) is 7.16. The van der Waals surface area contributed by atoms with Crippen LogP contribution in [0, 0.1) is 0 Å². The molecule has 1 fully saturated rings. The first-order chi connectivity index (χ1) is 23.6. The maximum absolute atomic E-state index is 13.3. The number of carboxylic acids is 1. The number of hydrogen-bond acceptors (Lipinski definition) is 13. The Kier molecular flexibility index (Phi) is 18.7. The third kappa shape index (κ3) is 14.6. The lowest BCUT2D eigenvalue weighted by atomic mass is 10.0. The molecule has 282 valence electrons. The van der Waals surface area contributed by atoms with Crippen LogP contribution in [-0.4, -0.2) is 149 Å². The van der Waals surface area contributed by atoms with E-state index in [4.69, 9.17) is 17.2 Å². The first-order valence-electron chi connectivity index (χ1n) is 15.5. The maximum Gasteiger partial charge on any atom is 0.323 e. The average molecular weight is 718 g/mol. The Morgan fingerprint density at radius 1 is 0.760 bits per heavy atom. The number of carboxylic acid groups (broad SMARTS) is 1. The van der Waals surface area contributed by atoms with Gasteiger partial charge in [0.2, 0.25) is 41.4 Å². The number of nitrogens with one attached hydrogen (secondary N) is 7. The van der Waals surface area contributed by atoms with Crippen LogP contribution >= 0.6 is 0 Å². The van der Waals surface area contributed by atoms with E-state index >= 15 is 0 Å². The first-order valence-corrected chi connectivity index (χ1v) is 15.5. The van der Waals surface area contributed by atoms with Gasteiger partial charge < -0.3 is 74.8 Å². The number of aliphatic hydroxyl groups is 3. The van der Waals surface area contributed by atoms with Gasteiger partial charge in [0.15, 0.2) is 5.96 Å². The molecule has 0 saturated carbocycles. The SMILES string of the molecule is CC(=O)N[C@@H](CCCN=C(N)N)C(=O)NCCCC[C@@H]1NC(=O)[C@H](C(N)C(=O)O)NC(=O)[C@H](CO)NC(=O)[C@H](CO)NC(=O)[C@H](CO)NC1=O. The Hall–Kier alpha value is -5.13. The fourth-order valence-electron chi connectivity index (χ4n) is 4.47. The van der Waals surface area contributed by atoms with Crippen molar-refractivity contribution in [3.63, 3.8) is 0 Å². The second kappa shape index (κ2) is 21.8. The molecule has 17 N–H and O–H groups in total. The van der Waals surface area contributed by atoms with Crippen LogP contribution in [0.25, 0.3) is 0 Å². The number of aliphatic hydroxyl groups excluding tert-OH is 3. The van der Waals surface area contributed by atoms with E-state index in [1.54, 1.807) is 0 Å². The smallest absolute Gasteiger partial charge is 0.323 e. The zero-order valence-electron chi connectivity index (χ0n) is 27.3. The van der Waals surface area contributed by atoms with Crippen molar-refractivity contribution in [3.05, 3.63) is 0 Å². The van der Waals surface area contributed by atoms with Crippen molar-refractivity contribution in [1.29, 1.82) is 0 Å². The Bertz CT molecular complexity index is 1260. The van der Waals surface area contributed by atoms with Crippen molar-refractivity contribution in [2.75, 3.05) is 32.9 Å². The third-order valence-electron chi connectivity index (χ3n) is 7.16. The highest BCUT2D eigenvalue weighted by molar-refractivity contribution is 5.99. The van der Waals surface area contributed by atoms with E-state index in [0.717, 1.165) is 0 Å². The molecule has 50 heavy (non-hydrogen) atoms. The number of nitrogens with two attached hydrogens (primary N) is 3. The number of hydrogen-bond donors (Lipinski definition) is 14. The Morgan fingerprint density at radius 2 is 1.24 bits per heavy atom. The molecule has 0 radical (unpaired) electrons. The van der Waals surface area contributed by atoms with Gasteiger partial charge in [0.1, 0.15) is 42.3 Å². The van der Waals surface area contributed by atoms with Gasteiger partial charge in [0.25, 0.3) is 0 Å². The van der Waals surface area contributed by atoms with Gasteiger partial charge in [-0.2, -0.15) is 0 Å². The Balaban J connectivity index is 3.20. The number of rotatable bonds is 16. The second-order valence-electron chi connectivity index (χ2n) is 11.1. The van der Waals surface area contributed by atoms with Gasteiger partial charge in [-0.25, -0.2) is 0 Å². The predicted molar refractivity (Wildman–Crippen MR) is 171 cm³/mol. The number of guanidine groups is 1. The van der Waals surface area contributed by atoms with E-state index in [2.05, 4.69) is 31.6 Å². The highest BCUT2D eigenvalue weighted by atomic mass is 16.4. The van der Waals surface area contributed by atoms with Gasteiger partial charge in [-0.1, -0.05) is 0 Å². The van der Waals surface area contributed by atoms with E-state index in [1.807, 2.05) is 10.6 Å². The summed E-state index contributed by atoms with van der Waals surface area (Å²) in [5, 5.41) is 54.4. The zero-order chi connectivity index (χ0) is 38.0. The van der Waals surface area contributed by atoms with Crippen molar-refractivity contribution in [1.82, 2.24) is 37.2 Å². The van der Waals surface area contributed by atoms with Gasteiger partial charge in [-0.3, -0.25) is 43.3 Å². The number of aliphatic imine (C=N–C) groups is 1. The van der Waals surface area contributed by atoms with Gasteiger partial charge in [-0.05, 0) is 32.1 Å². The minimum Gasteiger partial charge on any atom is -0.480 e. The van der Waals surface area contributed by atoms with E-state index < -0.39 is 109 Å². The van der Waals surface area contributed by atoms with Crippen LogP contribution in [0.1, 0.15) is 39.0 Å². The summed E-state index contributed by atoms with van der Waals surface area (Å²) in [4.78, 5) is 105. The lowest BCUT2D eigenvalue weighted by Crippen LogP contribution is -2.64. The van der Waals surface area contributed by atoms with Crippen molar-refractivity contribution in [3.8, 4) is 0 Å². The molecule has 0 aromatic carbocycles. The molecular weight excluding hydrogens is 670 g/mol. The van der Waals surface area contributed by atoms with Crippen molar-refractivity contribution >= 4 is 53.3 Å². The highest BCUT2D eigenvalue weighted by Crippen LogP contribution is 2.06. The summed E-state index contributed by atoms with van der Waals surface area (Å²) in [6.45, 7) is -1.58. The van der Waals surface area contributed by atoms with Gasteiger partial charge in [0, 0.05) is 20.0 Å². The lowest BCUT2D eigenvalue weighted by Gasteiger charge is -2.27. The quantitative estimate of drug-likeness (QED) is 0.0400. The van der Waals surface area contributed by atoms with Crippen LogP contribution in [0.4, 0.5) is 0 Å². The molecule has 0 aromatic heterocycles. The molecule has 1 aliphatic heterocycles. The molecule has 1 aliphatic rings. The molecule has 23 nitrogen and oxygen atoms in total. The molecule has 7 atom stereocenters. The zero-order valence-corrected chi connectivity index (χ0v) is 27.3. The minimum atomic E-state index is -2.08. The fourth-order valence-corrected chi connectivity index (χ4v) is 4.47. The van der Waals surface area contributed by atoms with E-state index in [0.29, 0.717) is 6.42 Å². The summed E-state index contributed by atoms with van der Waals surface area (Å²) >= 11 is 0. The van der Waals surface area contributed by atoms with Gasteiger partial charge in [-0.15, -0.1) is 0 Å². The standard InChI is InChI=1S/C27H47N11O12/c1-12(42)33-13(6-4-8-32-27(29)30)20(43)31-7-3-2-5-14-21(44)35-15(9-39)22(45)36-16(10-40)23(46)37-17(11-41)24(47)38-19(25(48)34-14)18(28)26(49)50/h13-19,39-41H,2-11,28H2,1H3,(H,31,43)(H,33,42)(H,34,48)(H,35,44)(H,36,45)(H,37,46)(H,38,47)(H,49,50)(H4,29,30,32)/t13-,14-,15-,16-,17-,18?,19-/m0/s1. The Labute approximate surface area is 285 Å². The van der Waals surface area contributed by atoms with Crippen LogP contribution < -0.4 is 54.4 Å². The van der Waals surface area contributed by atoms with E-state index in [-0.39, 0.29) is 44.7 Å². The van der Waals surface area contributed by atoms with Crippen LogP contribution in [0.15, 0.2) is 4.99 Å². The summed E-state index contributed by atoms with van der Waals surface area (Å²) in [6, 6.07) is -11.8. The maximum atomic E-state index is 13.3. The largest absolute Gasteiger partial charge is 0.480 e. The lowest BCUT2D eigenvalue weighted by molar-refractivity contribution is -0.143. The molecule has 1 heterocycles. The topological polar surface area (TPSA) is 392 Å². The predicted octanol–water partition coefficient (Wildman–Crippen LogP) is -8.34. The number of carbonyl (C=O) groups excluding carboxylic acids is 7. The first kappa shape index (κ1) is 42.9. The fraction of sp³-hybridized carbons (Fsp3) is 0.667. The second-order valence-corrected chi connectivity index (χ2v) is 11.1. The van der Waals surface area contributed by atoms with Crippen LogP contribution in [0.2, 0.25) is 0 Å². The molecule has 1 unspecified atom stereocenters. The summed E-state index contributed by atoms with van der Waals surface area (Å²) in [5.74, 6) is -8.75. The number of unbranched alkanes of at least 4 members (excludes halogenated alkanes) is 1. The molecule has 0 aromatic rings. The summed E-state index contributed by atoms with van der Waals surface area (Å²) in [6.07, 6.45) is 0.719. The Morgan fingerprint density at radius 3 is 1.70 bits per heavy atom. The van der Waals surface area contributed by atoms with E-state index in [9.17, 15) is 58.8 Å². The number of amides is 7. The molecule has 7 amide bonds. The van der Waals surface area contributed by atoms with Crippen molar-refractivity contribution in [2.24, 2.45) is 22.2 Å². The van der Waals surface area contributed by atoms with Crippen LogP contribution in [0.5, 0.6) is 0 Å². The minimum absolute atomic E-state index is 0.0431. The normalized spacial score (nSPS) is 23.2. The number of nitrogens with zero attached hydrogens (tertiary/aromatic N) is 1. The molecule has 0 spiro atoms. The van der Waals surface area contributed by atoms with Crippen LogP contribution in [0.3, 0.4) is 0 Å². The number of carbonyl (C=O) groups is 8. The van der Waals surface area contributed by atoms with Crippen LogP contribution in [-0.2, 0) is 38.4 Å². The van der Waals surface area contributed by atoms with Crippen molar-refractivity contribution in [2.45, 2.75) is 81.3 Å². The van der Waals surface area contributed by atoms with Gasteiger partial charge in [0.05, 0.1) is 19.8 Å². The molecule has 0 bridgehead atoms. The van der Waals surface area contributed by atoms with E-state index in [1.165, 1.54) is 6.92 Å². The van der Waals surface area contributed by atoms with Crippen molar-refractivity contribution < 1.29 is 58.8 Å². The molecular formula is C27H47N11O12. The monoisotopic (exact) mass is 717 g/mol. The summed E-state index contributed by atoms with van der Waals surface area (Å²) < 4.78 is 0. The molecule has 0 aliphatic carbocycles. The molecule has 1 rings (SSSR count).